The van der Waals surface area contributed by atoms with Crippen molar-refractivity contribution in [2.45, 2.75) is 32.9 Å². The second kappa shape index (κ2) is 6.78. The number of likely N-dealkylation sites (N-methyl/N-ethyl adjacent to an activating group) is 1. The molecule has 4 nitrogen and oxygen atoms in total. The van der Waals surface area contributed by atoms with Crippen LogP contribution in [0.25, 0.3) is 0 Å². The molecule has 2 rings (SSSR count). The van der Waals surface area contributed by atoms with E-state index in [1.807, 2.05) is 11.8 Å². The normalized spacial score (nSPS) is 32.1. The van der Waals surface area contributed by atoms with Crippen LogP contribution in [0.4, 0.5) is 0 Å². The smallest absolute Gasteiger partial charge is 0.156 e. The van der Waals surface area contributed by atoms with E-state index in [0.717, 1.165) is 43.7 Å². The molecular formula is C13H25N3OS. The fourth-order valence-corrected chi connectivity index (χ4v) is 3.43. The van der Waals surface area contributed by atoms with Crippen LogP contribution in [0, 0.1) is 5.92 Å². The highest BCUT2D eigenvalue weighted by atomic mass is 32.2. The highest BCUT2D eigenvalue weighted by Crippen LogP contribution is 2.19. The SMILES string of the molecule is CCN1CCOC(CN=C2NC(C(C)C)CS2)C1. The van der Waals surface area contributed by atoms with Gasteiger partial charge in [0.1, 0.15) is 0 Å². The summed E-state index contributed by atoms with van der Waals surface area (Å²) in [4.78, 5) is 7.10. The highest BCUT2D eigenvalue weighted by Gasteiger charge is 2.24. The van der Waals surface area contributed by atoms with Gasteiger partial charge in [0.15, 0.2) is 5.17 Å². The largest absolute Gasteiger partial charge is 0.374 e. The third kappa shape index (κ3) is 3.87. The first-order valence-corrected chi connectivity index (χ1v) is 7.95. The number of morpholine rings is 1. The second-order valence-corrected chi connectivity index (χ2v) is 6.35. The third-order valence-electron chi connectivity index (χ3n) is 3.62. The van der Waals surface area contributed by atoms with Gasteiger partial charge in [-0.2, -0.15) is 0 Å². The Hall–Kier alpha value is -0.260. The van der Waals surface area contributed by atoms with Gasteiger partial charge in [-0.05, 0) is 12.5 Å². The number of hydrogen-bond donors (Lipinski definition) is 1. The van der Waals surface area contributed by atoms with E-state index in [4.69, 9.17) is 4.74 Å². The van der Waals surface area contributed by atoms with Crippen molar-refractivity contribution in [3.63, 3.8) is 0 Å². The van der Waals surface area contributed by atoms with Crippen LogP contribution >= 0.6 is 11.8 Å². The molecule has 2 unspecified atom stereocenters. The van der Waals surface area contributed by atoms with E-state index in [0.29, 0.717) is 12.0 Å². The zero-order valence-corrected chi connectivity index (χ0v) is 12.5. The van der Waals surface area contributed by atoms with Gasteiger partial charge in [-0.15, -0.1) is 0 Å². The molecule has 0 aromatic heterocycles. The molecule has 2 heterocycles. The number of ether oxygens (including phenoxy) is 1. The van der Waals surface area contributed by atoms with Crippen LogP contribution in [0.1, 0.15) is 20.8 Å². The molecule has 0 aromatic rings. The Morgan fingerprint density at radius 3 is 3.06 bits per heavy atom. The Labute approximate surface area is 115 Å². The minimum Gasteiger partial charge on any atom is -0.374 e. The molecule has 2 saturated heterocycles. The molecule has 1 N–H and O–H groups in total. The maximum atomic E-state index is 5.76. The van der Waals surface area contributed by atoms with E-state index < -0.39 is 0 Å². The molecule has 2 fully saturated rings. The maximum Gasteiger partial charge on any atom is 0.156 e. The van der Waals surface area contributed by atoms with E-state index in [1.165, 1.54) is 0 Å². The van der Waals surface area contributed by atoms with Crippen molar-refractivity contribution in [2.75, 3.05) is 38.5 Å². The molecule has 104 valence electrons. The summed E-state index contributed by atoms with van der Waals surface area (Å²) in [5, 5.41) is 4.60. The van der Waals surface area contributed by atoms with Crippen LogP contribution in [0.15, 0.2) is 4.99 Å². The Bertz CT molecular complexity index is 296. The Kier molecular flexibility index (Phi) is 5.33. The number of nitrogens with one attached hydrogen (secondary N) is 1. The van der Waals surface area contributed by atoms with Crippen LogP contribution in [-0.4, -0.2) is 60.8 Å². The number of amidine groups is 1. The molecule has 0 radical (unpaired) electrons. The lowest BCUT2D eigenvalue weighted by atomic mass is 10.1. The van der Waals surface area contributed by atoms with Crippen LogP contribution in [0.2, 0.25) is 0 Å². The number of thioether (sulfide) groups is 1. The molecule has 18 heavy (non-hydrogen) atoms. The highest BCUT2D eigenvalue weighted by molar-refractivity contribution is 8.14. The molecule has 5 heteroatoms. The summed E-state index contributed by atoms with van der Waals surface area (Å²) in [5.41, 5.74) is 0. The van der Waals surface area contributed by atoms with Crippen molar-refractivity contribution < 1.29 is 4.74 Å². The van der Waals surface area contributed by atoms with Gasteiger partial charge in [-0.25, -0.2) is 0 Å². The molecule has 0 bridgehead atoms. The summed E-state index contributed by atoms with van der Waals surface area (Å²) in [6.07, 6.45) is 0.270. The summed E-state index contributed by atoms with van der Waals surface area (Å²) in [6.45, 7) is 11.5. The predicted molar refractivity (Wildman–Crippen MR) is 78.4 cm³/mol. The average molecular weight is 271 g/mol. The van der Waals surface area contributed by atoms with E-state index in [9.17, 15) is 0 Å². The quantitative estimate of drug-likeness (QED) is 0.839. The zero-order chi connectivity index (χ0) is 13.0. The third-order valence-corrected chi connectivity index (χ3v) is 4.67. The van der Waals surface area contributed by atoms with E-state index in [-0.39, 0.29) is 6.10 Å². The molecular weight excluding hydrogens is 246 g/mol. The summed E-state index contributed by atoms with van der Waals surface area (Å²) in [5.74, 6) is 1.81. The lowest BCUT2D eigenvalue weighted by Crippen LogP contribution is -2.43. The Morgan fingerprint density at radius 1 is 1.56 bits per heavy atom. The van der Waals surface area contributed by atoms with Crippen molar-refractivity contribution >= 4 is 16.9 Å². The first-order chi connectivity index (χ1) is 8.69. The molecule has 0 amide bonds. The monoisotopic (exact) mass is 271 g/mol. The van der Waals surface area contributed by atoms with Crippen LogP contribution < -0.4 is 5.32 Å². The molecule has 0 aliphatic carbocycles. The van der Waals surface area contributed by atoms with Gasteiger partial charge in [0.05, 0.1) is 19.3 Å². The van der Waals surface area contributed by atoms with Crippen molar-refractivity contribution in [1.82, 2.24) is 10.2 Å². The van der Waals surface area contributed by atoms with Gasteiger partial charge in [0, 0.05) is 24.9 Å². The van der Waals surface area contributed by atoms with Gasteiger partial charge in [-0.1, -0.05) is 32.5 Å². The first kappa shape index (κ1) is 14.2. The standard InChI is InChI=1S/C13H25N3OS/c1-4-16-5-6-17-11(8-16)7-14-13-15-12(9-18-13)10(2)3/h10-12H,4-9H2,1-3H3,(H,14,15). The van der Waals surface area contributed by atoms with E-state index in [2.05, 4.69) is 36.0 Å². The zero-order valence-electron chi connectivity index (χ0n) is 11.7. The van der Waals surface area contributed by atoms with E-state index >= 15 is 0 Å². The molecule has 0 spiro atoms. The lowest BCUT2D eigenvalue weighted by Gasteiger charge is -2.31. The number of rotatable bonds is 4. The fraction of sp³-hybridized carbons (Fsp3) is 0.923. The number of hydrogen-bond acceptors (Lipinski definition) is 4. The molecule has 2 aliphatic heterocycles. The summed E-state index contributed by atoms with van der Waals surface area (Å²) >= 11 is 1.84. The van der Waals surface area contributed by atoms with Crippen molar-refractivity contribution in [3.8, 4) is 0 Å². The Morgan fingerprint density at radius 2 is 2.39 bits per heavy atom. The van der Waals surface area contributed by atoms with Gasteiger partial charge in [-0.3, -0.25) is 9.89 Å². The van der Waals surface area contributed by atoms with Gasteiger partial charge in [0.25, 0.3) is 0 Å². The molecule has 0 aromatic carbocycles. The minimum atomic E-state index is 0.270. The molecule has 0 saturated carbocycles. The summed E-state index contributed by atoms with van der Waals surface area (Å²) in [7, 11) is 0. The number of nitrogens with zero attached hydrogens (tertiary/aromatic N) is 2. The first-order valence-electron chi connectivity index (χ1n) is 6.96. The fourth-order valence-electron chi connectivity index (χ4n) is 2.22. The summed E-state index contributed by atoms with van der Waals surface area (Å²) < 4.78 is 5.76. The maximum absolute atomic E-state index is 5.76. The van der Waals surface area contributed by atoms with Crippen molar-refractivity contribution in [1.29, 1.82) is 0 Å². The second-order valence-electron chi connectivity index (χ2n) is 5.34. The van der Waals surface area contributed by atoms with Gasteiger partial charge < -0.3 is 10.1 Å². The molecule has 2 atom stereocenters. The van der Waals surface area contributed by atoms with Gasteiger partial charge >= 0.3 is 0 Å². The van der Waals surface area contributed by atoms with Crippen LogP contribution in [-0.2, 0) is 4.74 Å². The van der Waals surface area contributed by atoms with Crippen LogP contribution in [0.5, 0.6) is 0 Å². The lowest BCUT2D eigenvalue weighted by molar-refractivity contribution is -0.0209. The summed E-state index contributed by atoms with van der Waals surface area (Å²) in [6, 6.07) is 0.577. The minimum absolute atomic E-state index is 0.270. The molecule has 2 aliphatic rings. The van der Waals surface area contributed by atoms with E-state index in [1.54, 1.807) is 0 Å². The topological polar surface area (TPSA) is 36.9 Å². The van der Waals surface area contributed by atoms with Crippen LogP contribution in [0.3, 0.4) is 0 Å². The van der Waals surface area contributed by atoms with Crippen molar-refractivity contribution in [2.24, 2.45) is 10.9 Å². The number of aliphatic imine (C=N–C) groups is 1. The van der Waals surface area contributed by atoms with Gasteiger partial charge in [0.2, 0.25) is 0 Å². The van der Waals surface area contributed by atoms with Crippen molar-refractivity contribution in [3.05, 3.63) is 0 Å². The Balaban J connectivity index is 1.77. The predicted octanol–water partition coefficient (Wildman–Crippen LogP) is 1.42. The average Bonchev–Trinajstić information content (AvgIpc) is 2.85.